The zero-order valence-corrected chi connectivity index (χ0v) is 10.8. The van der Waals surface area contributed by atoms with Gasteiger partial charge in [0.05, 0.1) is 4.92 Å². The molecular formula is C11H11F3N4O3. The molecule has 1 fully saturated rings. The van der Waals surface area contributed by atoms with E-state index in [0.717, 1.165) is 0 Å². The number of carbonyl (C=O) groups is 1. The molecule has 0 aromatic carbocycles. The van der Waals surface area contributed by atoms with Crippen molar-refractivity contribution in [2.24, 2.45) is 0 Å². The number of pyridine rings is 1. The number of nitro groups is 1. The second-order valence-electron chi connectivity index (χ2n) is 4.59. The Bertz CT molecular complexity index is 591. The third-order valence-corrected chi connectivity index (χ3v) is 3.13. The molecule has 1 aromatic rings. The van der Waals surface area contributed by atoms with Gasteiger partial charge in [-0.15, -0.1) is 0 Å². The van der Waals surface area contributed by atoms with E-state index in [1.165, 1.54) is 4.90 Å². The van der Waals surface area contributed by atoms with Crippen LogP contribution in [0.25, 0.3) is 0 Å². The van der Waals surface area contributed by atoms with Crippen molar-refractivity contribution in [2.75, 3.05) is 18.9 Å². The van der Waals surface area contributed by atoms with Gasteiger partial charge in [0.25, 0.3) is 0 Å². The van der Waals surface area contributed by atoms with E-state index in [1.54, 1.807) is 7.05 Å². The van der Waals surface area contributed by atoms with Crippen molar-refractivity contribution in [3.05, 3.63) is 28.1 Å². The topological polar surface area (TPSA) is 88.4 Å². The van der Waals surface area contributed by atoms with Crippen LogP contribution < -0.4 is 5.32 Å². The van der Waals surface area contributed by atoms with E-state index in [-0.39, 0.29) is 11.6 Å². The Balaban J connectivity index is 2.35. The normalized spacial score (nSPS) is 19.0. The number of rotatable bonds is 3. The van der Waals surface area contributed by atoms with Crippen molar-refractivity contribution in [2.45, 2.75) is 18.6 Å². The Labute approximate surface area is 116 Å². The maximum Gasteiger partial charge on any atom is 0.433 e. The zero-order valence-electron chi connectivity index (χ0n) is 10.8. The fraction of sp³-hybridized carbons (Fsp3) is 0.455. The summed E-state index contributed by atoms with van der Waals surface area (Å²) in [6.07, 6.45) is -3.83. The summed E-state index contributed by atoms with van der Waals surface area (Å²) >= 11 is 0. The molecule has 1 unspecified atom stereocenters. The standard InChI is InChI=1S/C11H11F3N4O3/c1-17-3-2-6(10(17)19)16-7-4-9(11(12,13)14)15-5-8(7)18(20)21/h4-6H,2-3H2,1H3,(H,15,16). The third kappa shape index (κ3) is 3.03. The summed E-state index contributed by atoms with van der Waals surface area (Å²) in [5.74, 6) is -0.324. The van der Waals surface area contributed by atoms with Crippen molar-refractivity contribution in [1.29, 1.82) is 0 Å². The summed E-state index contributed by atoms with van der Waals surface area (Å²) in [6, 6.07) is -0.235. The lowest BCUT2D eigenvalue weighted by molar-refractivity contribution is -0.384. The van der Waals surface area contributed by atoms with E-state index in [9.17, 15) is 28.1 Å². The highest BCUT2D eigenvalue weighted by molar-refractivity contribution is 5.87. The van der Waals surface area contributed by atoms with E-state index >= 15 is 0 Å². The molecule has 2 rings (SSSR count). The molecule has 0 saturated carbocycles. The van der Waals surface area contributed by atoms with Crippen molar-refractivity contribution < 1.29 is 22.9 Å². The third-order valence-electron chi connectivity index (χ3n) is 3.13. The van der Waals surface area contributed by atoms with Crippen molar-refractivity contribution >= 4 is 17.3 Å². The van der Waals surface area contributed by atoms with Gasteiger partial charge in [0.1, 0.15) is 23.6 Å². The number of likely N-dealkylation sites (tertiary alicyclic amines) is 1. The van der Waals surface area contributed by atoms with Gasteiger partial charge in [-0.25, -0.2) is 4.98 Å². The highest BCUT2D eigenvalue weighted by Gasteiger charge is 2.36. The first kappa shape index (κ1) is 15.0. The number of carbonyl (C=O) groups excluding carboxylic acids is 1. The summed E-state index contributed by atoms with van der Waals surface area (Å²) in [5, 5.41) is 13.4. The van der Waals surface area contributed by atoms with Crippen LogP contribution in [0.4, 0.5) is 24.5 Å². The van der Waals surface area contributed by atoms with Gasteiger partial charge in [-0.1, -0.05) is 0 Å². The number of hydrogen-bond donors (Lipinski definition) is 1. The number of alkyl halides is 3. The highest BCUT2D eigenvalue weighted by Crippen LogP contribution is 2.33. The van der Waals surface area contributed by atoms with Crippen molar-refractivity contribution in [3.8, 4) is 0 Å². The van der Waals surface area contributed by atoms with E-state index in [1.807, 2.05) is 0 Å². The monoisotopic (exact) mass is 304 g/mol. The number of anilines is 1. The minimum absolute atomic E-state index is 0.324. The molecule has 21 heavy (non-hydrogen) atoms. The molecule has 1 aliphatic heterocycles. The highest BCUT2D eigenvalue weighted by atomic mass is 19.4. The molecule has 1 saturated heterocycles. The maximum atomic E-state index is 12.6. The van der Waals surface area contributed by atoms with Gasteiger partial charge in [0, 0.05) is 13.6 Å². The van der Waals surface area contributed by atoms with Crippen molar-refractivity contribution in [3.63, 3.8) is 0 Å². The first-order valence-electron chi connectivity index (χ1n) is 5.93. The predicted octanol–water partition coefficient (Wildman–Crippen LogP) is 1.65. The number of aromatic nitrogens is 1. The number of nitrogens with zero attached hydrogens (tertiary/aromatic N) is 3. The predicted molar refractivity (Wildman–Crippen MR) is 65.6 cm³/mol. The number of halogens is 3. The van der Waals surface area contributed by atoms with Gasteiger partial charge >= 0.3 is 11.9 Å². The van der Waals surface area contributed by atoms with Crippen LogP contribution in [0.3, 0.4) is 0 Å². The van der Waals surface area contributed by atoms with Crippen LogP contribution in [0, 0.1) is 10.1 Å². The lowest BCUT2D eigenvalue weighted by Crippen LogP contribution is -2.31. The van der Waals surface area contributed by atoms with Gasteiger partial charge in [0.15, 0.2) is 0 Å². The summed E-state index contributed by atoms with van der Waals surface area (Å²) in [5.41, 5.74) is -2.23. The van der Waals surface area contributed by atoms with Crippen LogP contribution in [0.1, 0.15) is 12.1 Å². The molecular weight excluding hydrogens is 293 g/mol. The van der Waals surface area contributed by atoms with Crippen LogP contribution in [0.5, 0.6) is 0 Å². The second kappa shape index (κ2) is 5.19. The minimum atomic E-state index is -4.72. The molecule has 0 radical (unpaired) electrons. The smallest absolute Gasteiger partial charge is 0.368 e. The van der Waals surface area contributed by atoms with Crippen LogP contribution in [0.2, 0.25) is 0 Å². The zero-order chi connectivity index (χ0) is 15.8. The molecule has 1 atom stereocenters. The molecule has 7 nitrogen and oxygen atoms in total. The van der Waals surface area contributed by atoms with Gasteiger partial charge in [-0.3, -0.25) is 14.9 Å². The second-order valence-corrected chi connectivity index (χ2v) is 4.59. The Morgan fingerprint density at radius 2 is 2.19 bits per heavy atom. The van der Waals surface area contributed by atoms with E-state index in [0.29, 0.717) is 25.2 Å². The fourth-order valence-electron chi connectivity index (χ4n) is 2.01. The molecule has 1 amide bonds. The molecule has 0 spiro atoms. The summed E-state index contributed by atoms with van der Waals surface area (Å²) < 4.78 is 37.9. The summed E-state index contributed by atoms with van der Waals surface area (Å²) in [7, 11) is 1.55. The van der Waals surface area contributed by atoms with E-state index in [2.05, 4.69) is 10.3 Å². The fourth-order valence-corrected chi connectivity index (χ4v) is 2.01. The van der Waals surface area contributed by atoms with E-state index in [4.69, 9.17) is 0 Å². The minimum Gasteiger partial charge on any atom is -0.368 e. The Morgan fingerprint density at radius 3 is 2.67 bits per heavy atom. The maximum absolute atomic E-state index is 12.6. The number of nitrogens with one attached hydrogen (secondary N) is 1. The quantitative estimate of drug-likeness (QED) is 0.677. The van der Waals surface area contributed by atoms with Gasteiger partial charge in [0.2, 0.25) is 5.91 Å². The SMILES string of the molecule is CN1CCC(Nc2cc(C(F)(F)F)ncc2[N+](=O)[O-])C1=O. The average Bonchev–Trinajstić information content (AvgIpc) is 2.69. The van der Waals surface area contributed by atoms with Crippen LogP contribution >= 0.6 is 0 Å². The molecule has 1 N–H and O–H groups in total. The first-order chi connectivity index (χ1) is 9.70. The molecule has 0 aliphatic carbocycles. The molecule has 2 heterocycles. The van der Waals surface area contributed by atoms with Crippen LogP contribution in [0.15, 0.2) is 12.3 Å². The molecule has 1 aromatic heterocycles. The summed E-state index contributed by atoms with van der Waals surface area (Å²) in [6.45, 7) is 0.432. The number of amides is 1. The number of likely N-dealkylation sites (N-methyl/N-ethyl adjacent to an activating group) is 1. The Morgan fingerprint density at radius 1 is 1.52 bits per heavy atom. The molecule has 114 valence electrons. The lowest BCUT2D eigenvalue weighted by atomic mass is 10.2. The Kier molecular flexibility index (Phi) is 3.71. The first-order valence-corrected chi connectivity index (χ1v) is 5.93. The Hall–Kier alpha value is -2.39. The average molecular weight is 304 g/mol. The van der Waals surface area contributed by atoms with Gasteiger partial charge < -0.3 is 10.2 Å². The van der Waals surface area contributed by atoms with Gasteiger partial charge in [-0.05, 0) is 12.5 Å². The van der Waals surface area contributed by atoms with Crippen molar-refractivity contribution in [1.82, 2.24) is 9.88 Å². The van der Waals surface area contributed by atoms with Crippen LogP contribution in [-0.2, 0) is 11.0 Å². The lowest BCUT2D eigenvalue weighted by Gasteiger charge is -2.14. The largest absolute Gasteiger partial charge is 0.433 e. The van der Waals surface area contributed by atoms with E-state index < -0.39 is 28.5 Å². The van der Waals surface area contributed by atoms with Gasteiger partial charge in [-0.2, -0.15) is 13.2 Å². The molecule has 0 bridgehead atoms. The molecule has 1 aliphatic rings. The van der Waals surface area contributed by atoms with Crippen LogP contribution in [-0.4, -0.2) is 40.3 Å². The number of hydrogen-bond acceptors (Lipinski definition) is 5. The molecule has 10 heteroatoms. The summed E-state index contributed by atoms with van der Waals surface area (Å²) in [4.78, 5) is 26.2.